The first-order chi connectivity index (χ1) is 19.9. The van der Waals surface area contributed by atoms with E-state index in [9.17, 15) is 24.9 Å². The van der Waals surface area contributed by atoms with Crippen LogP contribution in [0.2, 0.25) is 0 Å². The number of benzene rings is 3. The Labute approximate surface area is 236 Å². The Kier molecular flexibility index (Phi) is 10.3. The first-order valence-electron chi connectivity index (χ1n) is 13.0. The maximum atomic E-state index is 11.5. The zero-order chi connectivity index (χ0) is 29.2. The number of amides is 2. The lowest BCUT2D eigenvalue weighted by Crippen LogP contribution is -2.35. The number of hydrogen-bond acceptors (Lipinski definition) is 10. The average Bonchev–Trinajstić information content (AvgIpc) is 2.98. The zero-order valence-electron chi connectivity index (χ0n) is 22.3. The number of nitrogens with zero attached hydrogens (tertiary/aromatic N) is 1. The number of urea groups is 1. The van der Waals surface area contributed by atoms with Crippen molar-refractivity contribution in [3.05, 3.63) is 82.9 Å². The van der Waals surface area contributed by atoms with Gasteiger partial charge in [-0.05, 0) is 66.1 Å². The van der Waals surface area contributed by atoms with Gasteiger partial charge in [0.25, 0.3) is 0 Å². The van der Waals surface area contributed by atoms with Crippen molar-refractivity contribution in [1.82, 2.24) is 5.32 Å². The van der Waals surface area contributed by atoms with E-state index in [1.807, 2.05) is 18.2 Å². The Morgan fingerprint density at radius 1 is 1.15 bits per heavy atom. The molecule has 0 bridgehead atoms. The lowest BCUT2D eigenvalue weighted by molar-refractivity contribution is -0.128. The molecule has 6 N–H and O–H groups in total. The summed E-state index contributed by atoms with van der Waals surface area (Å²) in [6.45, 7) is 1.54. The lowest BCUT2D eigenvalue weighted by atomic mass is 10.1. The summed E-state index contributed by atoms with van der Waals surface area (Å²) in [7, 11) is 0. The summed E-state index contributed by atoms with van der Waals surface area (Å²) in [4.78, 5) is 26.8. The third-order valence-corrected chi connectivity index (χ3v) is 6.38. The van der Waals surface area contributed by atoms with Crippen LogP contribution in [0, 0.1) is 0 Å². The number of primary amides is 1. The minimum absolute atomic E-state index is 0.00493. The molecule has 2 amide bonds. The molecular weight excluding hydrogens is 534 g/mol. The highest BCUT2D eigenvalue weighted by Gasteiger charge is 2.22. The van der Waals surface area contributed by atoms with Crippen LogP contribution in [0.1, 0.15) is 28.4 Å². The van der Waals surface area contributed by atoms with E-state index in [4.69, 9.17) is 19.9 Å². The Bertz CT molecular complexity index is 1340. The first-order valence-corrected chi connectivity index (χ1v) is 13.0. The fraction of sp³-hybridized carbons (Fsp3) is 0.310. The third-order valence-electron chi connectivity index (χ3n) is 6.38. The van der Waals surface area contributed by atoms with Gasteiger partial charge in [-0.3, -0.25) is 4.79 Å². The van der Waals surface area contributed by atoms with Gasteiger partial charge in [-0.25, -0.2) is 4.79 Å². The summed E-state index contributed by atoms with van der Waals surface area (Å²) in [5.41, 5.74) is 8.28. The van der Waals surface area contributed by atoms with Crippen LogP contribution in [0.4, 0.5) is 10.5 Å². The molecule has 1 aliphatic heterocycles. The van der Waals surface area contributed by atoms with Crippen LogP contribution < -0.4 is 25.6 Å². The van der Waals surface area contributed by atoms with Gasteiger partial charge in [-0.15, -0.1) is 5.06 Å². The van der Waals surface area contributed by atoms with Gasteiger partial charge in [0.05, 0.1) is 31.6 Å². The number of hydroxylamine groups is 1. The Hall–Kier alpha value is -4.36. The zero-order valence-corrected chi connectivity index (χ0v) is 22.3. The number of aromatic hydroxyl groups is 1. The maximum absolute atomic E-state index is 11.5. The third kappa shape index (κ3) is 8.08. The van der Waals surface area contributed by atoms with E-state index in [0.29, 0.717) is 59.5 Å². The van der Waals surface area contributed by atoms with Crippen LogP contribution in [0.15, 0.2) is 60.7 Å². The normalized spacial score (nSPS) is 14.7. The molecular formula is C29H33N3O9. The fourth-order valence-electron chi connectivity index (χ4n) is 4.29. The summed E-state index contributed by atoms with van der Waals surface area (Å²) < 4.78 is 17.7. The highest BCUT2D eigenvalue weighted by Crippen LogP contribution is 2.33. The molecule has 41 heavy (non-hydrogen) atoms. The number of nitrogens with one attached hydrogen (secondary N) is 1. The smallest absolute Gasteiger partial charge is 0.352 e. The molecule has 0 radical (unpaired) electrons. The molecule has 0 spiro atoms. The van der Waals surface area contributed by atoms with Crippen molar-refractivity contribution in [3.8, 4) is 17.2 Å². The van der Waals surface area contributed by atoms with Gasteiger partial charge in [0.1, 0.15) is 12.4 Å². The van der Waals surface area contributed by atoms with Crippen LogP contribution in [0.5, 0.6) is 17.2 Å². The number of phenols is 1. The average molecular weight is 568 g/mol. The molecule has 0 fully saturated rings. The minimum Gasteiger partial charge on any atom is -0.508 e. The van der Waals surface area contributed by atoms with Crippen molar-refractivity contribution in [2.24, 2.45) is 5.73 Å². The summed E-state index contributed by atoms with van der Waals surface area (Å²) in [5, 5.41) is 33.3. The van der Waals surface area contributed by atoms with E-state index < -0.39 is 12.1 Å². The molecule has 12 nitrogen and oxygen atoms in total. The Balaban J connectivity index is 1.23. The molecule has 0 saturated heterocycles. The standard InChI is InChI=1S/C29H33N3O9/c30-29(37)32(40-18-34)23-3-1-2-20(10-23)15-38-16-24-17-39-27-7-4-19(11-28(27)41-24)8-9-31-13-26(36)21-5-6-25(35)22(12-21)14-33/h1-7,10-12,18,24,26,31,33,35-36H,8-9,13-17H2,(H2,30,37)/t24-,26-/m1/s1. The van der Waals surface area contributed by atoms with E-state index in [2.05, 4.69) is 10.2 Å². The number of fused-ring (bicyclic) bond motifs is 1. The SMILES string of the molecule is NC(=O)N(OC=O)c1cccc(COC[C@@H]2COc3ccc(CCNC[C@@H](O)c4ccc(O)c(CO)c4)cc3O2)c1. The molecule has 12 heteroatoms. The summed E-state index contributed by atoms with van der Waals surface area (Å²) in [6.07, 6.45) is -0.422. The molecule has 3 aromatic rings. The highest BCUT2D eigenvalue weighted by molar-refractivity contribution is 5.89. The van der Waals surface area contributed by atoms with Gasteiger partial charge < -0.3 is 45.4 Å². The quantitative estimate of drug-likeness (QED) is 0.110. The number of ether oxygens (including phenoxy) is 3. The maximum Gasteiger partial charge on any atom is 0.352 e. The van der Waals surface area contributed by atoms with Crippen molar-refractivity contribution in [3.63, 3.8) is 0 Å². The number of aliphatic hydroxyl groups is 2. The van der Waals surface area contributed by atoms with Crippen LogP contribution in [-0.4, -0.2) is 60.2 Å². The van der Waals surface area contributed by atoms with Crippen molar-refractivity contribution >= 4 is 18.2 Å². The molecule has 0 aliphatic carbocycles. The number of rotatable bonds is 14. The van der Waals surface area contributed by atoms with E-state index in [-0.39, 0.29) is 38.1 Å². The number of carbonyl (C=O) groups excluding carboxylic acids is 2. The molecule has 1 aliphatic rings. The summed E-state index contributed by atoms with van der Waals surface area (Å²) in [5.74, 6) is 1.26. The van der Waals surface area contributed by atoms with E-state index in [0.717, 1.165) is 11.1 Å². The van der Waals surface area contributed by atoms with Gasteiger partial charge in [0.15, 0.2) is 17.6 Å². The summed E-state index contributed by atoms with van der Waals surface area (Å²) in [6, 6.07) is 16.2. The highest BCUT2D eigenvalue weighted by atomic mass is 16.7. The van der Waals surface area contributed by atoms with Crippen molar-refractivity contribution in [2.75, 3.05) is 31.4 Å². The Morgan fingerprint density at radius 3 is 2.78 bits per heavy atom. The predicted octanol–water partition coefficient (Wildman–Crippen LogP) is 2.08. The van der Waals surface area contributed by atoms with Gasteiger partial charge in [0.2, 0.25) is 0 Å². The van der Waals surface area contributed by atoms with Crippen molar-refractivity contribution in [1.29, 1.82) is 0 Å². The number of hydrogen-bond donors (Lipinski definition) is 5. The number of anilines is 1. The van der Waals surface area contributed by atoms with Gasteiger partial charge in [0, 0.05) is 12.1 Å². The Morgan fingerprint density at radius 2 is 2.00 bits per heavy atom. The monoisotopic (exact) mass is 567 g/mol. The molecule has 2 atom stereocenters. The van der Waals surface area contributed by atoms with Gasteiger partial charge in [-0.1, -0.05) is 24.3 Å². The van der Waals surface area contributed by atoms with E-state index in [1.165, 1.54) is 6.07 Å². The summed E-state index contributed by atoms with van der Waals surface area (Å²) >= 11 is 0. The van der Waals surface area contributed by atoms with Crippen LogP contribution in [0.3, 0.4) is 0 Å². The van der Waals surface area contributed by atoms with E-state index in [1.54, 1.807) is 36.4 Å². The lowest BCUT2D eigenvalue weighted by Gasteiger charge is -2.27. The predicted molar refractivity (Wildman–Crippen MR) is 147 cm³/mol. The van der Waals surface area contributed by atoms with Crippen molar-refractivity contribution < 1.29 is 44.0 Å². The molecule has 1 heterocycles. The second-order valence-electron chi connectivity index (χ2n) is 9.37. The molecule has 0 aromatic heterocycles. The van der Waals surface area contributed by atoms with Crippen molar-refractivity contribution in [2.45, 2.75) is 31.8 Å². The molecule has 4 rings (SSSR count). The largest absolute Gasteiger partial charge is 0.508 e. The molecule has 0 unspecified atom stereocenters. The second-order valence-corrected chi connectivity index (χ2v) is 9.37. The number of aliphatic hydroxyl groups excluding tert-OH is 2. The van der Waals surface area contributed by atoms with Crippen LogP contribution in [-0.2, 0) is 34.0 Å². The van der Waals surface area contributed by atoms with E-state index >= 15 is 0 Å². The van der Waals surface area contributed by atoms with Crippen LogP contribution >= 0.6 is 0 Å². The molecule has 3 aromatic carbocycles. The number of nitrogens with two attached hydrogens (primary N) is 1. The first kappa shape index (κ1) is 29.6. The number of carbonyl (C=O) groups is 2. The topological polar surface area (TPSA) is 173 Å². The van der Waals surface area contributed by atoms with Gasteiger partial charge >= 0.3 is 12.5 Å². The van der Waals surface area contributed by atoms with Gasteiger partial charge in [-0.2, -0.15) is 0 Å². The van der Waals surface area contributed by atoms with Crippen LogP contribution in [0.25, 0.3) is 0 Å². The fourth-order valence-corrected chi connectivity index (χ4v) is 4.29. The second kappa shape index (κ2) is 14.3. The molecule has 0 saturated carbocycles. The molecule has 218 valence electrons. The minimum atomic E-state index is -0.930.